The number of nitrogens with zero attached hydrogens (tertiary/aromatic N) is 1. The van der Waals surface area contributed by atoms with Gasteiger partial charge in [-0.25, -0.2) is 0 Å². The number of thioether (sulfide) groups is 1. The molecule has 0 heterocycles. The summed E-state index contributed by atoms with van der Waals surface area (Å²) in [5.74, 6) is 0.0411. The normalized spacial score (nSPS) is 10.7. The molecule has 1 aromatic carbocycles. The molecule has 112 valence electrons. The van der Waals surface area contributed by atoms with Crippen molar-refractivity contribution in [1.82, 2.24) is 5.32 Å². The molecule has 4 nitrogen and oxygen atoms in total. The van der Waals surface area contributed by atoms with E-state index in [1.165, 1.54) is 4.90 Å². The van der Waals surface area contributed by atoms with Crippen LogP contribution >= 0.6 is 11.8 Å². The van der Waals surface area contributed by atoms with Crippen molar-refractivity contribution >= 4 is 23.4 Å². The van der Waals surface area contributed by atoms with Gasteiger partial charge in [-0.3, -0.25) is 4.79 Å². The molecule has 0 spiro atoms. The number of anilines is 1. The molecule has 0 bridgehead atoms. The number of nitrogens with two attached hydrogens (primary N) is 1. The SMILES string of the molecule is CCN(CC(=O)NC(C)C)c1cccc(SC)c1CN. The molecule has 0 atom stereocenters. The number of rotatable bonds is 7. The van der Waals surface area contributed by atoms with Crippen molar-refractivity contribution in [1.29, 1.82) is 0 Å². The van der Waals surface area contributed by atoms with E-state index in [1.54, 1.807) is 11.8 Å². The second-order valence-corrected chi connectivity index (χ2v) is 5.75. The van der Waals surface area contributed by atoms with E-state index < -0.39 is 0 Å². The minimum absolute atomic E-state index is 0.0411. The zero-order valence-corrected chi connectivity index (χ0v) is 13.6. The van der Waals surface area contributed by atoms with Crippen molar-refractivity contribution in [2.24, 2.45) is 5.73 Å². The highest BCUT2D eigenvalue weighted by molar-refractivity contribution is 7.98. The van der Waals surface area contributed by atoms with Crippen LogP contribution in [0.1, 0.15) is 26.3 Å². The molecule has 0 saturated heterocycles. The summed E-state index contributed by atoms with van der Waals surface area (Å²) >= 11 is 1.68. The lowest BCUT2D eigenvalue weighted by atomic mass is 10.1. The Labute approximate surface area is 126 Å². The molecule has 5 heteroatoms. The summed E-state index contributed by atoms with van der Waals surface area (Å²) in [7, 11) is 0. The number of nitrogens with one attached hydrogen (secondary N) is 1. The van der Waals surface area contributed by atoms with Gasteiger partial charge in [0.05, 0.1) is 6.54 Å². The van der Waals surface area contributed by atoms with Gasteiger partial charge in [0, 0.05) is 35.3 Å². The van der Waals surface area contributed by atoms with Gasteiger partial charge >= 0.3 is 0 Å². The number of benzene rings is 1. The highest BCUT2D eigenvalue weighted by Gasteiger charge is 2.15. The molecule has 0 aliphatic rings. The van der Waals surface area contributed by atoms with Gasteiger partial charge in [-0.15, -0.1) is 11.8 Å². The monoisotopic (exact) mass is 295 g/mol. The first-order valence-corrected chi connectivity index (χ1v) is 8.16. The molecule has 0 aliphatic carbocycles. The molecule has 0 aliphatic heterocycles. The van der Waals surface area contributed by atoms with E-state index in [4.69, 9.17) is 5.73 Å². The summed E-state index contributed by atoms with van der Waals surface area (Å²) in [6.07, 6.45) is 2.04. The Balaban J connectivity index is 2.97. The van der Waals surface area contributed by atoms with Crippen LogP contribution < -0.4 is 16.0 Å². The van der Waals surface area contributed by atoms with E-state index in [2.05, 4.69) is 23.2 Å². The van der Waals surface area contributed by atoms with E-state index >= 15 is 0 Å². The molecule has 1 amide bonds. The number of hydrogen-bond donors (Lipinski definition) is 2. The average molecular weight is 295 g/mol. The maximum absolute atomic E-state index is 12.0. The van der Waals surface area contributed by atoms with Gasteiger partial charge < -0.3 is 16.0 Å². The van der Waals surface area contributed by atoms with Crippen LogP contribution in [-0.2, 0) is 11.3 Å². The van der Waals surface area contributed by atoms with Crippen molar-refractivity contribution < 1.29 is 4.79 Å². The van der Waals surface area contributed by atoms with E-state index in [0.29, 0.717) is 13.1 Å². The lowest BCUT2D eigenvalue weighted by Crippen LogP contribution is -2.40. The van der Waals surface area contributed by atoms with Crippen LogP contribution in [0.25, 0.3) is 0 Å². The Morgan fingerprint density at radius 2 is 2.15 bits per heavy atom. The second-order valence-electron chi connectivity index (χ2n) is 4.90. The van der Waals surface area contributed by atoms with Gasteiger partial charge in [0.2, 0.25) is 5.91 Å². The van der Waals surface area contributed by atoms with Crippen LogP contribution in [0.2, 0.25) is 0 Å². The lowest BCUT2D eigenvalue weighted by molar-refractivity contribution is -0.120. The predicted molar refractivity (Wildman–Crippen MR) is 87.3 cm³/mol. The summed E-state index contributed by atoms with van der Waals surface area (Å²) in [6, 6.07) is 6.28. The molecule has 3 N–H and O–H groups in total. The molecule has 20 heavy (non-hydrogen) atoms. The summed E-state index contributed by atoms with van der Waals surface area (Å²) < 4.78 is 0. The number of carbonyl (C=O) groups is 1. The average Bonchev–Trinajstić information content (AvgIpc) is 2.42. The van der Waals surface area contributed by atoms with Gasteiger partial charge in [0.15, 0.2) is 0 Å². The quantitative estimate of drug-likeness (QED) is 0.757. The molecule has 1 aromatic rings. The molecular formula is C15H25N3OS. The van der Waals surface area contributed by atoms with Crippen molar-refractivity contribution in [2.45, 2.75) is 38.3 Å². The summed E-state index contributed by atoms with van der Waals surface area (Å²) in [6.45, 7) is 7.60. The van der Waals surface area contributed by atoms with E-state index in [0.717, 1.165) is 17.8 Å². The van der Waals surface area contributed by atoms with E-state index in [-0.39, 0.29) is 11.9 Å². The van der Waals surface area contributed by atoms with E-state index in [1.807, 2.05) is 32.2 Å². The smallest absolute Gasteiger partial charge is 0.239 e. The molecule has 0 fully saturated rings. The number of hydrogen-bond acceptors (Lipinski definition) is 4. The van der Waals surface area contributed by atoms with Gasteiger partial charge in [-0.05, 0) is 39.2 Å². The first-order valence-electron chi connectivity index (χ1n) is 6.93. The van der Waals surface area contributed by atoms with E-state index in [9.17, 15) is 4.79 Å². The Morgan fingerprint density at radius 3 is 2.65 bits per heavy atom. The van der Waals surface area contributed by atoms with Crippen LogP contribution in [0.3, 0.4) is 0 Å². The lowest BCUT2D eigenvalue weighted by Gasteiger charge is -2.26. The molecule has 0 unspecified atom stereocenters. The Hall–Kier alpha value is -1.20. The van der Waals surface area contributed by atoms with Crippen molar-refractivity contribution in [2.75, 3.05) is 24.2 Å². The Bertz CT molecular complexity index is 449. The highest BCUT2D eigenvalue weighted by atomic mass is 32.2. The predicted octanol–water partition coefficient (Wildman–Crippen LogP) is 2.22. The summed E-state index contributed by atoms with van der Waals surface area (Å²) in [5, 5.41) is 2.93. The largest absolute Gasteiger partial charge is 0.362 e. The van der Waals surface area contributed by atoms with Crippen LogP contribution in [0.4, 0.5) is 5.69 Å². The van der Waals surface area contributed by atoms with Gasteiger partial charge in [0.1, 0.15) is 0 Å². The van der Waals surface area contributed by atoms with Crippen LogP contribution in [0, 0.1) is 0 Å². The van der Waals surface area contributed by atoms with Crippen molar-refractivity contribution in [3.05, 3.63) is 23.8 Å². The zero-order chi connectivity index (χ0) is 15.1. The number of amides is 1. The molecule has 1 rings (SSSR count). The maximum atomic E-state index is 12.0. The van der Waals surface area contributed by atoms with Crippen molar-refractivity contribution in [3.8, 4) is 0 Å². The first-order chi connectivity index (χ1) is 9.53. The third-order valence-corrected chi connectivity index (χ3v) is 3.86. The van der Waals surface area contributed by atoms with Crippen molar-refractivity contribution in [3.63, 3.8) is 0 Å². The molecule has 0 saturated carbocycles. The molecule has 0 radical (unpaired) electrons. The minimum atomic E-state index is 0.0411. The van der Waals surface area contributed by atoms with Gasteiger partial charge in [0.25, 0.3) is 0 Å². The highest BCUT2D eigenvalue weighted by Crippen LogP contribution is 2.29. The number of likely N-dealkylation sites (N-methyl/N-ethyl adjacent to an activating group) is 1. The second kappa shape index (κ2) is 8.17. The summed E-state index contributed by atoms with van der Waals surface area (Å²) in [4.78, 5) is 15.2. The van der Waals surface area contributed by atoms with Gasteiger partial charge in [-0.1, -0.05) is 6.07 Å². The first kappa shape index (κ1) is 16.9. The van der Waals surface area contributed by atoms with Crippen LogP contribution in [0.5, 0.6) is 0 Å². The minimum Gasteiger partial charge on any atom is -0.362 e. The maximum Gasteiger partial charge on any atom is 0.239 e. The third kappa shape index (κ3) is 4.42. The standard InChI is InChI=1S/C15H25N3OS/c1-5-18(10-15(19)17-11(2)3)13-7-6-8-14(20-4)12(13)9-16/h6-8,11H,5,9-10,16H2,1-4H3,(H,17,19). The zero-order valence-electron chi connectivity index (χ0n) is 12.8. The summed E-state index contributed by atoms with van der Waals surface area (Å²) in [5.41, 5.74) is 8.06. The molecular weight excluding hydrogens is 270 g/mol. The Kier molecular flexibility index (Phi) is 6.88. The fourth-order valence-electron chi connectivity index (χ4n) is 2.16. The fourth-order valence-corrected chi connectivity index (χ4v) is 2.80. The molecule has 0 aromatic heterocycles. The fraction of sp³-hybridized carbons (Fsp3) is 0.533. The third-order valence-electron chi connectivity index (χ3n) is 3.04. The topological polar surface area (TPSA) is 58.4 Å². The van der Waals surface area contributed by atoms with Gasteiger partial charge in [-0.2, -0.15) is 0 Å². The Morgan fingerprint density at radius 1 is 1.45 bits per heavy atom. The number of carbonyl (C=O) groups excluding carboxylic acids is 1. The van der Waals surface area contributed by atoms with Crippen LogP contribution in [-0.4, -0.2) is 31.3 Å². The van der Waals surface area contributed by atoms with Crippen LogP contribution in [0.15, 0.2) is 23.1 Å².